The Balaban J connectivity index is 0.000000595. The van der Waals surface area contributed by atoms with Gasteiger partial charge in [-0.2, -0.15) is 0 Å². The maximum atomic E-state index is 8.25. The van der Waals surface area contributed by atoms with Crippen LogP contribution in [0.15, 0.2) is 91.0 Å². The van der Waals surface area contributed by atoms with Gasteiger partial charge in [0, 0.05) is 6.47 Å². The molecular formula is C19H17CuO2P. The molecule has 3 aromatic carbocycles. The van der Waals surface area contributed by atoms with Crippen LogP contribution in [-0.2, 0) is 20.4 Å². The Labute approximate surface area is 144 Å². The van der Waals surface area contributed by atoms with Gasteiger partial charge in [-0.1, -0.05) is 0 Å². The predicted molar refractivity (Wildman–Crippen MR) is 92.6 cm³/mol. The van der Waals surface area contributed by atoms with E-state index in [-0.39, 0.29) is 0 Å². The van der Waals surface area contributed by atoms with Crippen LogP contribution in [0.25, 0.3) is 0 Å². The fourth-order valence-corrected chi connectivity index (χ4v) is 6.76. The molecule has 0 atom stereocenters. The normalized spacial score (nSPS) is 11.0. The van der Waals surface area contributed by atoms with Crippen LogP contribution in [0.3, 0.4) is 0 Å². The summed E-state index contributed by atoms with van der Waals surface area (Å²) in [5.41, 5.74) is 0. The standard InChI is InChI=1S/C18H15P.CH2O2.Cu/c1-4-10-16(11-5-1)19(17-12-6-2-7-13-17)18-14-8-3-9-15-18;2-1-3;/h1-15H;1H,(H,2,3);. The summed E-state index contributed by atoms with van der Waals surface area (Å²) in [4.78, 5) is 8.25. The van der Waals surface area contributed by atoms with Crippen molar-refractivity contribution in [3.05, 3.63) is 91.0 Å². The van der Waals surface area contributed by atoms with Crippen molar-refractivity contribution in [3.8, 4) is 0 Å². The molecule has 0 N–H and O–H groups in total. The molecule has 0 spiro atoms. The van der Waals surface area contributed by atoms with Crippen molar-refractivity contribution in [2.45, 2.75) is 0 Å². The van der Waals surface area contributed by atoms with Gasteiger partial charge in [0.25, 0.3) is 0 Å². The second-order valence-corrected chi connectivity index (χ2v) is 9.85. The summed E-state index contributed by atoms with van der Waals surface area (Å²) in [6.45, 7) is -0.500. The van der Waals surface area contributed by atoms with E-state index in [1.165, 1.54) is 15.9 Å². The zero-order chi connectivity index (χ0) is 16.5. The van der Waals surface area contributed by atoms with Crippen LogP contribution >= 0.6 is 5.95 Å². The molecule has 0 saturated carbocycles. The molecule has 0 aliphatic heterocycles. The van der Waals surface area contributed by atoms with Crippen molar-refractivity contribution >= 4 is 28.3 Å². The van der Waals surface area contributed by atoms with E-state index in [0.29, 0.717) is 0 Å². The second kappa shape index (κ2) is 8.64. The van der Waals surface area contributed by atoms with E-state index in [1.54, 1.807) is 0 Å². The Morgan fingerprint density at radius 3 is 1.09 bits per heavy atom. The Morgan fingerprint density at radius 1 is 0.652 bits per heavy atom. The molecule has 23 heavy (non-hydrogen) atoms. The number of carbonyl (C=O) groups is 1. The Bertz CT molecular complexity index is 621. The molecule has 0 amide bonds. The van der Waals surface area contributed by atoms with Crippen LogP contribution < -0.4 is 21.0 Å². The van der Waals surface area contributed by atoms with Crippen LogP contribution in [-0.4, -0.2) is 6.47 Å². The summed E-state index contributed by atoms with van der Waals surface area (Å²) in [5, 5.41) is 12.0. The van der Waals surface area contributed by atoms with Crippen LogP contribution in [0, 0.1) is 0 Å². The molecule has 0 fully saturated rings. The third-order valence-electron chi connectivity index (χ3n) is 3.45. The summed E-state index contributed by atoms with van der Waals surface area (Å²) in [5.74, 6) is -2.32. The van der Waals surface area contributed by atoms with E-state index in [1.807, 2.05) is 18.2 Å². The molecule has 4 heteroatoms. The first-order valence-electron chi connectivity index (χ1n) is 7.10. The van der Waals surface area contributed by atoms with Crippen LogP contribution in [0.5, 0.6) is 0 Å². The summed E-state index contributed by atoms with van der Waals surface area (Å²) in [6, 6.07) is 31.5. The van der Waals surface area contributed by atoms with Crippen molar-refractivity contribution in [2.24, 2.45) is 0 Å². The second-order valence-electron chi connectivity index (χ2n) is 4.80. The molecular weight excluding hydrogens is 355 g/mol. The quantitative estimate of drug-likeness (QED) is 0.398. The molecule has 0 unspecified atom stereocenters. The van der Waals surface area contributed by atoms with Crippen molar-refractivity contribution in [1.29, 1.82) is 0 Å². The number of benzene rings is 3. The fourth-order valence-electron chi connectivity index (χ4n) is 2.47. The minimum absolute atomic E-state index is 0.500. The molecule has 0 saturated heterocycles. The third kappa shape index (κ3) is 4.09. The molecule has 0 radical (unpaired) electrons. The molecule has 0 bridgehead atoms. The van der Waals surface area contributed by atoms with Crippen molar-refractivity contribution in [1.82, 2.24) is 0 Å². The number of hydrogen-bond donors (Lipinski definition) is 0. The summed E-state index contributed by atoms with van der Waals surface area (Å²) < 4.78 is 0. The van der Waals surface area contributed by atoms with Gasteiger partial charge in [0.15, 0.2) is 0 Å². The van der Waals surface area contributed by atoms with Crippen molar-refractivity contribution in [2.75, 3.05) is 0 Å². The van der Waals surface area contributed by atoms with E-state index in [9.17, 15) is 0 Å². The van der Waals surface area contributed by atoms with E-state index in [2.05, 4.69) is 72.8 Å². The molecule has 3 aromatic rings. The molecule has 0 aliphatic rings. The Kier molecular flexibility index (Phi) is 6.55. The average molecular weight is 372 g/mol. The fraction of sp³-hybridized carbons (Fsp3) is 0. The SMILES string of the molecule is O=C[O-].[Cu+][PH](c1ccccc1)(c1ccccc1)c1ccccc1. The van der Waals surface area contributed by atoms with Gasteiger partial charge in [0.2, 0.25) is 0 Å². The topological polar surface area (TPSA) is 40.1 Å². The van der Waals surface area contributed by atoms with Crippen LogP contribution in [0.1, 0.15) is 0 Å². The maximum absolute atomic E-state index is 8.25. The van der Waals surface area contributed by atoms with Gasteiger partial charge < -0.3 is 9.90 Å². The number of carboxylic acid groups (broad SMARTS) is 1. The van der Waals surface area contributed by atoms with Crippen LogP contribution in [0.4, 0.5) is 0 Å². The van der Waals surface area contributed by atoms with E-state index in [4.69, 9.17) is 25.5 Å². The first-order valence-corrected chi connectivity index (χ1v) is 10.3. The van der Waals surface area contributed by atoms with Crippen molar-refractivity contribution < 1.29 is 25.5 Å². The number of rotatable bonds is 3. The van der Waals surface area contributed by atoms with Gasteiger partial charge in [-0.05, 0) is 0 Å². The Hall–Kier alpha value is -1.92. The average Bonchev–Trinajstić information content (AvgIpc) is 2.64. The van der Waals surface area contributed by atoms with E-state index >= 15 is 0 Å². The Morgan fingerprint density at radius 2 is 0.870 bits per heavy atom. The van der Waals surface area contributed by atoms with Gasteiger partial charge in [-0.25, -0.2) is 0 Å². The number of carbonyl (C=O) groups excluding carboxylic acids is 1. The van der Waals surface area contributed by atoms with Crippen LogP contribution in [0.2, 0.25) is 0 Å². The number of hydrogen-bond acceptors (Lipinski definition) is 2. The van der Waals surface area contributed by atoms with Gasteiger partial charge in [-0.15, -0.1) is 0 Å². The molecule has 0 heterocycles. The van der Waals surface area contributed by atoms with Crippen molar-refractivity contribution in [3.63, 3.8) is 0 Å². The van der Waals surface area contributed by atoms with Gasteiger partial charge >= 0.3 is 128 Å². The molecule has 2 nitrogen and oxygen atoms in total. The molecule has 0 aromatic heterocycles. The molecule has 0 aliphatic carbocycles. The minimum atomic E-state index is -2.32. The van der Waals surface area contributed by atoms with E-state index < -0.39 is 12.4 Å². The summed E-state index contributed by atoms with van der Waals surface area (Å²) in [7, 11) is 0. The predicted octanol–water partition coefficient (Wildman–Crippen LogP) is 1.54. The van der Waals surface area contributed by atoms with Gasteiger partial charge in [-0.3, -0.25) is 0 Å². The summed E-state index contributed by atoms with van der Waals surface area (Å²) in [6.07, 6.45) is 0. The van der Waals surface area contributed by atoms with Gasteiger partial charge in [0.05, 0.1) is 0 Å². The van der Waals surface area contributed by atoms with E-state index in [0.717, 1.165) is 0 Å². The zero-order valence-corrected chi connectivity index (χ0v) is 14.3. The van der Waals surface area contributed by atoms with Gasteiger partial charge in [0.1, 0.15) is 0 Å². The summed E-state index contributed by atoms with van der Waals surface area (Å²) >= 11 is 6.43. The zero-order valence-electron chi connectivity index (χ0n) is 12.4. The first-order chi connectivity index (χ1) is 11.2. The third-order valence-corrected chi connectivity index (χ3v) is 9.15. The monoisotopic (exact) mass is 371 g/mol. The molecule has 3 rings (SSSR count). The first kappa shape index (κ1) is 17.4. The molecule has 121 valence electrons.